The smallest absolute Gasteiger partial charge is 0.130 e. The van der Waals surface area contributed by atoms with Crippen molar-refractivity contribution in [2.45, 2.75) is 25.9 Å². The molecule has 1 heterocycles. The molecule has 0 saturated carbocycles. The average Bonchev–Trinajstić information content (AvgIpc) is 2.64. The van der Waals surface area contributed by atoms with Crippen molar-refractivity contribution in [3.8, 4) is 0 Å². The molecule has 1 unspecified atom stereocenters. The van der Waals surface area contributed by atoms with E-state index in [1.165, 1.54) is 16.9 Å². The zero-order valence-corrected chi connectivity index (χ0v) is 11.3. The zero-order valence-electron chi connectivity index (χ0n) is 11.3. The highest BCUT2D eigenvalue weighted by Gasteiger charge is 2.40. The van der Waals surface area contributed by atoms with Gasteiger partial charge in [0.25, 0.3) is 0 Å². The number of allylic oxidation sites excluding steroid dienone is 3. The van der Waals surface area contributed by atoms with Gasteiger partial charge in [0.2, 0.25) is 0 Å². The average molecular weight is 240 g/mol. The van der Waals surface area contributed by atoms with Gasteiger partial charge in [-0.05, 0) is 37.0 Å². The maximum Gasteiger partial charge on any atom is 0.130 e. The first-order valence-electron chi connectivity index (χ1n) is 6.60. The lowest BCUT2D eigenvalue weighted by Gasteiger charge is -2.38. The zero-order chi connectivity index (χ0) is 12.8. The minimum atomic E-state index is -0.0945. The van der Waals surface area contributed by atoms with Gasteiger partial charge < -0.3 is 10.2 Å². The summed E-state index contributed by atoms with van der Waals surface area (Å²) in [5.74, 6) is 0.626. The van der Waals surface area contributed by atoms with Gasteiger partial charge in [-0.2, -0.15) is 0 Å². The molecule has 2 nitrogen and oxygen atoms in total. The van der Waals surface area contributed by atoms with Gasteiger partial charge in [0.15, 0.2) is 0 Å². The van der Waals surface area contributed by atoms with Gasteiger partial charge in [-0.1, -0.05) is 37.3 Å². The van der Waals surface area contributed by atoms with Gasteiger partial charge in [0, 0.05) is 7.05 Å². The molecule has 0 fully saturated rings. The van der Waals surface area contributed by atoms with Gasteiger partial charge in [-0.25, -0.2) is 0 Å². The van der Waals surface area contributed by atoms with Crippen molar-refractivity contribution in [1.29, 1.82) is 0 Å². The molecule has 1 aliphatic carbocycles. The van der Waals surface area contributed by atoms with Crippen LogP contribution in [0, 0.1) is 5.92 Å². The van der Waals surface area contributed by atoms with Crippen molar-refractivity contribution in [3.63, 3.8) is 0 Å². The molecule has 1 aliphatic heterocycles. The summed E-state index contributed by atoms with van der Waals surface area (Å²) in [5, 5.41) is 3.67. The number of nitrogens with zero attached hydrogens (tertiary/aromatic N) is 1. The van der Waals surface area contributed by atoms with E-state index < -0.39 is 0 Å². The first-order chi connectivity index (χ1) is 8.61. The van der Waals surface area contributed by atoms with E-state index in [1.807, 2.05) is 0 Å². The Hall–Kier alpha value is -1.70. The number of para-hydroxylation sites is 2. The predicted octanol–water partition coefficient (Wildman–Crippen LogP) is 3.79. The molecule has 1 N–H and O–H groups in total. The third-order valence-electron chi connectivity index (χ3n) is 4.22. The van der Waals surface area contributed by atoms with Crippen LogP contribution in [0.1, 0.15) is 20.3 Å². The van der Waals surface area contributed by atoms with Crippen LogP contribution in [0.15, 0.2) is 48.1 Å². The Labute approximate surface area is 109 Å². The Morgan fingerprint density at radius 1 is 1.33 bits per heavy atom. The largest absolute Gasteiger partial charge is 0.358 e. The molecule has 2 heteroatoms. The van der Waals surface area contributed by atoms with Crippen LogP contribution in [0.5, 0.6) is 0 Å². The summed E-state index contributed by atoms with van der Waals surface area (Å²) in [6, 6.07) is 8.51. The van der Waals surface area contributed by atoms with Crippen molar-refractivity contribution in [2.75, 3.05) is 17.3 Å². The van der Waals surface area contributed by atoms with E-state index in [9.17, 15) is 0 Å². The van der Waals surface area contributed by atoms with Crippen LogP contribution in [0.2, 0.25) is 0 Å². The highest BCUT2D eigenvalue weighted by Crippen LogP contribution is 2.43. The van der Waals surface area contributed by atoms with Crippen LogP contribution in [0.25, 0.3) is 0 Å². The molecule has 0 aromatic heterocycles. The molecule has 18 heavy (non-hydrogen) atoms. The second-order valence-electron chi connectivity index (χ2n) is 5.53. The number of hydrogen-bond donors (Lipinski definition) is 1. The van der Waals surface area contributed by atoms with E-state index in [0.29, 0.717) is 5.92 Å². The van der Waals surface area contributed by atoms with Crippen LogP contribution in [-0.2, 0) is 0 Å². The van der Waals surface area contributed by atoms with Crippen LogP contribution >= 0.6 is 0 Å². The molecule has 2 atom stereocenters. The van der Waals surface area contributed by atoms with E-state index in [1.54, 1.807) is 0 Å². The number of hydrogen-bond acceptors (Lipinski definition) is 2. The van der Waals surface area contributed by atoms with Crippen molar-refractivity contribution in [3.05, 3.63) is 48.1 Å². The normalized spacial score (nSPS) is 29.8. The number of anilines is 2. The summed E-state index contributed by atoms with van der Waals surface area (Å²) in [6.45, 7) is 4.54. The summed E-state index contributed by atoms with van der Waals surface area (Å²) in [5.41, 5.74) is 3.87. The molecule has 0 amide bonds. The third kappa shape index (κ3) is 1.56. The molecule has 94 valence electrons. The highest BCUT2D eigenvalue weighted by molar-refractivity contribution is 5.79. The lowest BCUT2D eigenvalue weighted by molar-refractivity contribution is 0.546. The van der Waals surface area contributed by atoms with Crippen molar-refractivity contribution in [2.24, 2.45) is 5.92 Å². The SMILES string of the molecule is C[C@H]1C=CC=C(C2(C)Nc3ccccc3N2C)C1. The first kappa shape index (κ1) is 11.4. The van der Waals surface area contributed by atoms with Crippen molar-refractivity contribution < 1.29 is 0 Å². The molecular weight excluding hydrogens is 220 g/mol. The number of nitrogens with one attached hydrogen (secondary N) is 1. The van der Waals surface area contributed by atoms with Gasteiger partial charge in [0.05, 0.1) is 11.4 Å². The Balaban J connectivity index is 1.99. The molecule has 1 aromatic rings. The minimum Gasteiger partial charge on any atom is -0.358 e. The molecule has 1 aromatic carbocycles. The van der Waals surface area contributed by atoms with Gasteiger partial charge in [0.1, 0.15) is 5.66 Å². The topological polar surface area (TPSA) is 15.3 Å². The number of benzene rings is 1. The van der Waals surface area contributed by atoms with E-state index >= 15 is 0 Å². The molecular formula is C16H20N2. The van der Waals surface area contributed by atoms with E-state index in [4.69, 9.17) is 0 Å². The second-order valence-corrected chi connectivity index (χ2v) is 5.53. The van der Waals surface area contributed by atoms with Crippen LogP contribution in [-0.4, -0.2) is 12.7 Å². The fourth-order valence-corrected chi connectivity index (χ4v) is 2.96. The van der Waals surface area contributed by atoms with Crippen LogP contribution < -0.4 is 10.2 Å². The first-order valence-corrected chi connectivity index (χ1v) is 6.60. The fraction of sp³-hybridized carbons (Fsp3) is 0.375. The molecule has 0 spiro atoms. The lowest BCUT2D eigenvalue weighted by Crippen LogP contribution is -2.48. The van der Waals surface area contributed by atoms with E-state index in [2.05, 4.69) is 73.6 Å². The van der Waals surface area contributed by atoms with Gasteiger partial charge >= 0.3 is 0 Å². The van der Waals surface area contributed by atoms with Crippen LogP contribution in [0.4, 0.5) is 11.4 Å². The number of fused-ring (bicyclic) bond motifs is 1. The Morgan fingerprint density at radius 2 is 2.11 bits per heavy atom. The Bertz CT molecular complexity index is 530. The number of likely N-dealkylation sites (N-methyl/N-ethyl adjacent to an activating group) is 1. The summed E-state index contributed by atoms with van der Waals surface area (Å²) in [4.78, 5) is 2.35. The van der Waals surface area contributed by atoms with Gasteiger partial charge in [-0.15, -0.1) is 0 Å². The third-order valence-corrected chi connectivity index (χ3v) is 4.22. The summed E-state index contributed by atoms with van der Waals surface area (Å²) in [7, 11) is 2.17. The van der Waals surface area contributed by atoms with Crippen molar-refractivity contribution in [1.82, 2.24) is 0 Å². The fourth-order valence-electron chi connectivity index (χ4n) is 2.96. The monoisotopic (exact) mass is 240 g/mol. The minimum absolute atomic E-state index is 0.0945. The van der Waals surface area contributed by atoms with Crippen LogP contribution in [0.3, 0.4) is 0 Å². The van der Waals surface area contributed by atoms with Gasteiger partial charge in [-0.3, -0.25) is 0 Å². The molecule has 3 rings (SSSR count). The predicted molar refractivity (Wildman–Crippen MR) is 77.9 cm³/mol. The molecule has 0 saturated heterocycles. The Kier molecular flexibility index (Phi) is 2.47. The highest BCUT2D eigenvalue weighted by atomic mass is 15.4. The maximum absolute atomic E-state index is 3.67. The Morgan fingerprint density at radius 3 is 2.83 bits per heavy atom. The molecule has 0 bridgehead atoms. The second kappa shape index (κ2) is 3.91. The summed E-state index contributed by atoms with van der Waals surface area (Å²) >= 11 is 0. The van der Waals surface area contributed by atoms with E-state index in [0.717, 1.165) is 6.42 Å². The van der Waals surface area contributed by atoms with E-state index in [-0.39, 0.29) is 5.66 Å². The molecule has 2 aliphatic rings. The summed E-state index contributed by atoms with van der Waals surface area (Å²) < 4.78 is 0. The quantitative estimate of drug-likeness (QED) is 0.803. The lowest BCUT2D eigenvalue weighted by atomic mass is 9.87. The maximum atomic E-state index is 3.67. The van der Waals surface area contributed by atoms with Crippen molar-refractivity contribution >= 4 is 11.4 Å². The number of rotatable bonds is 1. The molecule has 0 radical (unpaired) electrons. The summed E-state index contributed by atoms with van der Waals surface area (Å²) in [6.07, 6.45) is 7.84. The standard InChI is InChI=1S/C16H20N2/c1-12-7-6-8-13(11-12)16(2)17-14-9-4-5-10-15(14)18(16)3/h4-10,12,17H,11H2,1-3H3/t12-,16?/m0/s1.